The van der Waals surface area contributed by atoms with E-state index in [0.717, 1.165) is 0 Å². The lowest BCUT2D eigenvalue weighted by Gasteiger charge is -2.30. The van der Waals surface area contributed by atoms with E-state index >= 15 is 0 Å². The highest BCUT2D eigenvalue weighted by Crippen LogP contribution is 2.11. The van der Waals surface area contributed by atoms with Crippen molar-refractivity contribution in [3.05, 3.63) is 0 Å². The highest BCUT2D eigenvalue weighted by Gasteiger charge is 2.28. The number of thiol groups is 2. The number of imide groups is 2. The van der Waals surface area contributed by atoms with Crippen molar-refractivity contribution >= 4 is 49.5 Å². The van der Waals surface area contributed by atoms with Crippen LogP contribution in [0.2, 0.25) is 0 Å². The van der Waals surface area contributed by atoms with Gasteiger partial charge in [0.25, 0.3) is 0 Å². The summed E-state index contributed by atoms with van der Waals surface area (Å²) in [5, 5.41) is 0. The fourth-order valence-corrected chi connectivity index (χ4v) is 1.74. The number of amides is 6. The summed E-state index contributed by atoms with van der Waals surface area (Å²) >= 11 is 7.36. The van der Waals surface area contributed by atoms with E-state index < -0.39 is 30.3 Å². The van der Waals surface area contributed by atoms with Gasteiger partial charge in [0.05, 0.1) is 0 Å². The molecule has 0 aromatic heterocycles. The standard InChI is InChI=1S/C11H20N4O4S2/c1-4-7(3)13(5-2)11(19)15(21)9(17)6-8(16)14(20)10(12)18/h7,20-21H,4-6H2,1-3H3,(H2,12,18). The normalized spacial score (nSPS) is 11.5. The van der Waals surface area contributed by atoms with Gasteiger partial charge in [0, 0.05) is 12.6 Å². The van der Waals surface area contributed by atoms with Crippen LogP contribution in [-0.2, 0) is 9.59 Å². The van der Waals surface area contributed by atoms with Crippen molar-refractivity contribution in [1.29, 1.82) is 0 Å². The van der Waals surface area contributed by atoms with Gasteiger partial charge < -0.3 is 10.6 Å². The zero-order chi connectivity index (χ0) is 16.7. The van der Waals surface area contributed by atoms with Crippen molar-refractivity contribution in [3.8, 4) is 0 Å². The molecule has 0 rings (SSSR count). The smallest absolute Gasteiger partial charge is 0.337 e. The second kappa shape index (κ2) is 8.78. The highest BCUT2D eigenvalue weighted by molar-refractivity contribution is 7.79. The van der Waals surface area contributed by atoms with Gasteiger partial charge in [0.2, 0.25) is 11.8 Å². The molecule has 0 aliphatic heterocycles. The molecule has 8 nitrogen and oxygen atoms in total. The fourth-order valence-electron chi connectivity index (χ4n) is 1.49. The van der Waals surface area contributed by atoms with Crippen LogP contribution in [-0.4, -0.2) is 50.0 Å². The van der Waals surface area contributed by atoms with Crippen molar-refractivity contribution in [1.82, 2.24) is 13.5 Å². The minimum atomic E-state index is -1.11. The zero-order valence-corrected chi connectivity index (χ0v) is 13.9. The third-order valence-electron chi connectivity index (χ3n) is 2.87. The molecular weight excluding hydrogens is 316 g/mol. The van der Waals surface area contributed by atoms with Gasteiger partial charge in [-0.1, -0.05) is 32.6 Å². The number of primary amides is 1. The van der Waals surface area contributed by atoms with Crippen LogP contribution < -0.4 is 5.73 Å². The molecule has 1 atom stereocenters. The topological polar surface area (TPSA) is 104 Å². The number of nitrogens with two attached hydrogens (primary N) is 1. The molecule has 10 heteroatoms. The third kappa shape index (κ3) is 5.46. The SMILES string of the molecule is CCC(C)N(CC)C(=O)N(S)C(=O)CC(=O)N(S)C(N)=O. The molecule has 0 bridgehead atoms. The molecule has 0 spiro atoms. The monoisotopic (exact) mass is 336 g/mol. The van der Waals surface area contributed by atoms with Crippen LogP contribution in [0, 0.1) is 0 Å². The predicted molar refractivity (Wildman–Crippen MR) is 83.4 cm³/mol. The maximum atomic E-state index is 12.1. The van der Waals surface area contributed by atoms with E-state index in [-0.39, 0.29) is 6.04 Å². The predicted octanol–water partition coefficient (Wildman–Crippen LogP) is 1.04. The summed E-state index contributed by atoms with van der Waals surface area (Å²) in [7, 11) is 0. The molecule has 6 amide bonds. The number of urea groups is 2. The largest absolute Gasteiger partial charge is 0.350 e. The molecule has 0 aromatic carbocycles. The van der Waals surface area contributed by atoms with Gasteiger partial charge >= 0.3 is 12.1 Å². The van der Waals surface area contributed by atoms with E-state index in [1.807, 2.05) is 13.8 Å². The Balaban J connectivity index is 4.81. The number of carbonyl (C=O) groups excluding carboxylic acids is 4. The Hall–Kier alpha value is -1.42. The summed E-state index contributed by atoms with van der Waals surface area (Å²) in [6, 6.07) is -1.81. The Morgan fingerprint density at radius 2 is 1.52 bits per heavy atom. The lowest BCUT2D eigenvalue weighted by atomic mass is 10.2. The lowest BCUT2D eigenvalue weighted by Crippen LogP contribution is -2.46. The first-order chi connectivity index (χ1) is 9.67. The molecule has 0 aromatic rings. The summed E-state index contributed by atoms with van der Waals surface area (Å²) in [4.78, 5) is 47.6. The Kier molecular flexibility index (Phi) is 8.18. The van der Waals surface area contributed by atoms with Crippen molar-refractivity contribution < 1.29 is 19.2 Å². The molecule has 120 valence electrons. The van der Waals surface area contributed by atoms with Crippen LogP contribution in [0.3, 0.4) is 0 Å². The summed E-state index contributed by atoms with van der Waals surface area (Å²) in [5.41, 5.74) is 4.85. The third-order valence-corrected chi connectivity index (χ3v) is 3.69. The minimum Gasteiger partial charge on any atom is -0.350 e. The number of hydrogen-bond acceptors (Lipinski definition) is 6. The van der Waals surface area contributed by atoms with Gasteiger partial charge in [-0.15, -0.1) is 0 Å². The lowest BCUT2D eigenvalue weighted by molar-refractivity contribution is -0.132. The minimum absolute atomic E-state index is 0.0763. The van der Waals surface area contributed by atoms with Crippen LogP contribution in [0.1, 0.15) is 33.6 Å². The van der Waals surface area contributed by atoms with Gasteiger partial charge in [0.1, 0.15) is 6.42 Å². The fraction of sp³-hybridized carbons (Fsp3) is 0.636. The first-order valence-corrected chi connectivity index (χ1v) is 7.10. The van der Waals surface area contributed by atoms with E-state index in [1.165, 1.54) is 4.90 Å². The Bertz CT molecular complexity index is 432. The summed E-state index contributed by atoms with van der Waals surface area (Å²) in [6.45, 7) is 5.90. The molecule has 0 heterocycles. The second-order valence-electron chi connectivity index (χ2n) is 4.25. The average molecular weight is 336 g/mol. The van der Waals surface area contributed by atoms with E-state index in [2.05, 4.69) is 25.6 Å². The van der Waals surface area contributed by atoms with E-state index in [0.29, 0.717) is 21.6 Å². The molecular formula is C11H20N4O4S2. The molecule has 0 saturated heterocycles. The maximum absolute atomic E-state index is 12.1. The van der Waals surface area contributed by atoms with Crippen molar-refractivity contribution in [3.63, 3.8) is 0 Å². The number of hydrogen-bond donors (Lipinski definition) is 3. The molecule has 0 radical (unpaired) electrons. The highest BCUT2D eigenvalue weighted by atomic mass is 32.1. The zero-order valence-electron chi connectivity index (χ0n) is 12.1. The summed E-state index contributed by atoms with van der Waals surface area (Å²) < 4.78 is 0.854. The Morgan fingerprint density at radius 1 is 1.05 bits per heavy atom. The van der Waals surface area contributed by atoms with Gasteiger partial charge in [-0.25, -0.2) is 18.2 Å². The number of nitrogens with zero attached hydrogens (tertiary/aromatic N) is 3. The first-order valence-electron chi connectivity index (χ1n) is 6.30. The molecule has 0 fully saturated rings. The van der Waals surface area contributed by atoms with Gasteiger partial charge in [-0.05, 0) is 20.3 Å². The number of rotatable bonds is 5. The van der Waals surface area contributed by atoms with Crippen LogP contribution in [0.5, 0.6) is 0 Å². The van der Waals surface area contributed by atoms with Crippen LogP contribution in [0.25, 0.3) is 0 Å². The molecule has 0 aliphatic rings. The molecule has 0 aliphatic carbocycles. The second-order valence-corrected chi connectivity index (χ2v) is 5.05. The van der Waals surface area contributed by atoms with Crippen molar-refractivity contribution in [2.45, 2.75) is 39.7 Å². The van der Waals surface area contributed by atoms with Gasteiger partial charge in [0.15, 0.2) is 0 Å². The van der Waals surface area contributed by atoms with Crippen molar-refractivity contribution in [2.24, 2.45) is 5.73 Å². The molecule has 0 saturated carbocycles. The van der Waals surface area contributed by atoms with Gasteiger partial charge in [-0.3, -0.25) is 9.59 Å². The molecule has 21 heavy (non-hydrogen) atoms. The first kappa shape index (κ1) is 19.6. The average Bonchev–Trinajstić information content (AvgIpc) is 2.45. The van der Waals surface area contributed by atoms with Crippen LogP contribution >= 0.6 is 25.6 Å². The maximum Gasteiger partial charge on any atom is 0.337 e. The molecule has 2 N–H and O–H groups in total. The van der Waals surface area contributed by atoms with Crippen molar-refractivity contribution in [2.75, 3.05) is 6.54 Å². The Labute approximate surface area is 134 Å². The van der Waals surface area contributed by atoms with E-state index in [9.17, 15) is 19.2 Å². The van der Waals surface area contributed by atoms with Gasteiger partial charge in [-0.2, -0.15) is 0 Å². The van der Waals surface area contributed by atoms with E-state index in [4.69, 9.17) is 5.73 Å². The summed E-state index contributed by atoms with van der Waals surface area (Å²) in [5.74, 6) is -1.80. The van der Waals surface area contributed by atoms with Crippen LogP contribution in [0.15, 0.2) is 0 Å². The quantitative estimate of drug-likeness (QED) is 0.515. The molecule has 1 unspecified atom stereocenters. The van der Waals surface area contributed by atoms with Crippen LogP contribution in [0.4, 0.5) is 9.59 Å². The number of carbonyl (C=O) groups is 4. The Morgan fingerprint density at radius 3 is 1.90 bits per heavy atom. The summed E-state index contributed by atoms with van der Waals surface area (Å²) in [6.07, 6.45) is -0.0276. The van der Waals surface area contributed by atoms with E-state index in [1.54, 1.807) is 6.92 Å².